The van der Waals surface area contributed by atoms with E-state index in [4.69, 9.17) is 34.6 Å². The number of primary amides is 1. The maximum absolute atomic E-state index is 10.8. The quantitative estimate of drug-likeness (QED) is 0.462. The smallest absolute Gasteiger partial charge is 0.254 e. The Balaban J connectivity index is 0.000000555. The van der Waals surface area contributed by atoms with Crippen LogP contribution in [-0.4, -0.2) is 28.8 Å². The number of hydrogen-bond acceptors (Lipinski definition) is 7. The van der Waals surface area contributed by atoms with Crippen LogP contribution in [0.2, 0.25) is 0 Å². The second kappa shape index (κ2) is 7.96. The maximum Gasteiger partial charge on any atom is 0.254 e. The van der Waals surface area contributed by atoms with E-state index in [1.54, 1.807) is 22.9 Å². The number of halogens is 1. The number of aliphatic hydroxyl groups is 2. The summed E-state index contributed by atoms with van der Waals surface area (Å²) in [6.07, 6.45) is 2.38. The molecule has 0 saturated carbocycles. The van der Waals surface area contributed by atoms with Crippen molar-refractivity contribution in [3.63, 3.8) is 0 Å². The lowest BCUT2D eigenvalue weighted by Gasteiger charge is -2.17. The van der Waals surface area contributed by atoms with E-state index in [9.17, 15) is 4.79 Å². The van der Waals surface area contributed by atoms with Gasteiger partial charge in [-0.05, 0) is 6.07 Å². The Bertz CT molecular complexity index is 404. The number of amides is 1. The second-order valence-corrected chi connectivity index (χ2v) is 4.12. The van der Waals surface area contributed by atoms with Crippen LogP contribution in [-0.2, 0) is 6.54 Å². The van der Waals surface area contributed by atoms with E-state index in [0.29, 0.717) is 5.56 Å². The van der Waals surface area contributed by atoms with Crippen molar-refractivity contribution in [1.29, 1.82) is 0 Å². The molecule has 0 bridgehead atoms. The van der Waals surface area contributed by atoms with Gasteiger partial charge in [-0.3, -0.25) is 4.79 Å². The van der Waals surface area contributed by atoms with Gasteiger partial charge < -0.3 is 15.9 Å². The topological polar surface area (TPSA) is 180 Å². The Morgan fingerprint density at radius 3 is 2.37 bits per heavy atom. The molecule has 0 aliphatic carbocycles. The van der Waals surface area contributed by atoms with Gasteiger partial charge in [-0.15, -0.1) is 10.2 Å². The third-order valence-corrected chi connectivity index (χ3v) is 1.78. The zero-order valence-electron chi connectivity index (χ0n) is 9.64. The van der Waals surface area contributed by atoms with Crippen molar-refractivity contribution in [3.8, 4) is 0 Å². The molecule has 0 spiro atoms. The van der Waals surface area contributed by atoms with Gasteiger partial charge in [-0.25, -0.2) is 23.2 Å². The average molecular weight is 297 g/mol. The van der Waals surface area contributed by atoms with Crippen molar-refractivity contribution < 1.29 is 48.5 Å². The Labute approximate surface area is 110 Å². The summed E-state index contributed by atoms with van der Waals surface area (Å²) in [4.78, 5) is 10.8. The van der Waals surface area contributed by atoms with Crippen LogP contribution in [0.4, 0.5) is 0 Å². The summed E-state index contributed by atoms with van der Waals surface area (Å²) in [5.74, 6) is -0.516. The van der Waals surface area contributed by atoms with Crippen molar-refractivity contribution in [2.75, 3.05) is 6.61 Å². The summed E-state index contributed by atoms with van der Waals surface area (Å²) >= 11 is 0. The Morgan fingerprint density at radius 2 is 1.95 bits per heavy atom. The molecule has 0 radical (unpaired) electrons. The highest BCUT2D eigenvalue weighted by atomic mass is 35.7. The van der Waals surface area contributed by atoms with E-state index in [1.807, 2.05) is 0 Å². The van der Waals surface area contributed by atoms with Gasteiger partial charge in [0, 0.05) is 6.07 Å². The molecule has 0 aliphatic heterocycles. The van der Waals surface area contributed by atoms with Crippen LogP contribution in [0.1, 0.15) is 10.4 Å². The molecule has 1 aromatic rings. The molecule has 1 unspecified atom stereocenters. The maximum atomic E-state index is 10.8. The number of pyridine rings is 1. The molecular weight excluding hydrogens is 284 g/mol. The molecule has 0 aliphatic rings. The number of rotatable bonds is 4. The molecule has 1 amide bonds. The van der Waals surface area contributed by atoms with Crippen LogP contribution in [0, 0.1) is 10.2 Å². The van der Waals surface area contributed by atoms with Gasteiger partial charge in [-0.1, -0.05) is 0 Å². The molecule has 19 heavy (non-hydrogen) atoms. The van der Waals surface area contributed by atoms with E-state index in [1.165, 1.54) is 6.20 Å². The van der Waals surface area contributed by atoms with E-state index >= 15 is 0 Å². The number of nitrogens with two attached hydrogens (primary N) is 1. The molecule has 0 aromatic carbocycles. The first kappa shape index (κ1) is 17.7. The lowest BCUT2D eigenvalue weighted by Crippen LogP contribution is -2.68. The molecule has 1 atom stereocenters. The summed E-state index contributed by atoms with van der Waals surface area (Å²) in [6.45, 7) is -0.0780. The fourth-order valence-electron chi connectivity index (χ4n) is 1.08. The lowest BCUT2D eigenvalue weighted by molar-refractivity contribution is -2.00. The first-order chi connectivity index (χ1) is 8.63. The van der Waals surface area contributed by atoms with Crippen molar-refractivity contribution in [2.45, 2.75) is 12.6 Å². The minimum Gasteiger partial charge on any atom is -0.393 e. The molecule has 108 valence electrons. The fraction of sp³-hybridized carbons (Fsp3) is 0.333. The van der Waals surface area contributed by atoms with Gasteiger partial charge in [-0.2, -0.15) is 0 Å². The van der Waals surface area contributed by atoms with Crippen LogP contribution in [0.3, 0.4) is 0 Å². The van der Waals surface area contributed by atoms with Gasteiger partial charge in [0.25, 0.3) is 5.91 Å². The second-order valence-electron chi connectivity index (χ2n) is 3.37. The number of carbonyl (C=O) groups is 1. The summed E-state index contributed by atoms with van der Waals surface area (Å²) in [6, 6.07) is 3.24. The molecule has 0 saturated heterocycles. The van der Waals surface area contributed by atoms with Gasteiger partial charge in [0.05, 0.1) is 6.61 Å². The Hall–Kier alpha value is -1.33. The normalized spacial score (nSPS) is 12.3. The van der Waals surface area contributed by atoms with E-state index < -0.39 is 22.3 Å². The predicted molar refractivity (Wildman–Crippen MR) is 48.2 cm³/mol. The Kier molecular flexibility index (Phi) is 7.41. The molecule has 1 heterocycles. The highest BCUT2D eigenvalue weighted by Crippen LogP contribution is 1.92. The molecule has 0 fully saturated rings. The minimum atomic E-state index is -4.94. The zero-order chi connectivity index (χ0) is 15.1. The summed E-state index contributed by atoms with van der Waals surface area (Å²) < 4.78 is 35.6. The van der Waals surface area contributed by atoms with Crippen molar-refractivity contribution in [3.05, 3.63) is 30.1 Å². The first-order valence-corrected chi connectivity index (χ1v) is 6.06. The highest BCUT2D eigenvalue weighted by Gasteiger charge is 2.11. The molecule has 1 aromatic heterocycles. The van der Waals surface area contributed by atoms with Crippen molar-refractivity contribution >= 4 is 5.91 Å². The van der Waals surface area contributed by atoms with Crippen LogP contribution >= 0.6 is 0 Å². The lowest BCUT2D eigenvalue weighted by atomic mass is 10.2. The SMILES string of the molecule is NC(=O)c1ccc[n+](CC(O)CO)c1.[O-][Cl+3]([O-])([O-])[O-]. The molecule has 4 N–H and O–H groups in total. The van der Waals surface area contributed by atoms with Crippen LogP contribution in [0.5, 0.6) is 0 Å². The standard InChI is InChI=1S/C9H12N2O3.ClHO4/c10-9(14)7-2-1-3-11(4-7)5-8(13)6-12;2-1(3,4)5/h1-4,8,12-13H,5-6H2,(H-,10,14);(H,2,3,4,5). The monoisotopic (exact) mass is 296 g/mol. The number of carbonyl (C=O) groups excluding carboxylic acids is 1. The van der Waals surface area contributed by atoms with E-state index in [-0.39, 0.29) is 13.2 Å². The van der Waals surface area contributed by atoms with Gasteiger partial charge in [0.2, 0.25) is 0 Å². The summed E-state index contributed by atoms with van der Waals surface area (Å²) in [5.41, 5.74) is 5.45. The molecule has 1 rings (SSSR count). The van der Waals surface area contributed by atoms with Crippen molar-refractivity contribution in [1.82, 2.24) is 0 Å². The fourth-order valence-corrected chi connectivity index (χ4v) is 1.08. The first-order valence-electron chi connectivity index (χ1n) is 4.83. The molecular formula is C9H13ClN2O7. The van der Waals surface area contributed by atoms with E-state index in [0.717, 1.165) is 0 Å². The third-order valence-electron chi connectivity index (χ3n) is 1.78. The van der Waals surface area contributed by atoms with E-state index in [2.05, 4.69) is 0 Å². The largest absolute Gasteiger partial charge is 0.393 e. The zero-order valence-corrected chi connectivity index (χ0v) is 10.4. The third kappa shape index (κ3) is 10.3. The van der Waals surface area contributed by atoms with Gasteiger partial charge in [0.15, 0.2) is 18.9 Å². The van der Waals surface area contributed by atoms with Gasteiger partial charge in [0.1, 0.15) is 11.7 Å². The average Bonchev–Trinajstić information content (AvgIpc) is 2.27. The van der Waals surface area contributed by atoms with Crippen LogP contribution in [0.15, 0.2) is 24.5 Å². The molecule has 10 heteroatoms. The predicted octanol–water partition coefficient (Wildman–Crippen LogP) is -6.33. The number of aromatic nitrogens is 1. The Morgan fingerprint density at radius 1 is 1.42 bits per heavy atom. The summed E-state index contributed by atoms with van der Waals surface area (Å²) in [7, 11) is -4.94. The van der Waals surface area contributed by atoms with Crippen molar-refractivity contribution in [2.24, 2.45) is 5.73 Å². The summed E-state index contributed by atoms with van der Waals surface area (Å²) in [5, 5.41) is 17.8. The minimum absolute atomic E-state index is 0.234. The van der Waals surface area contributed by atoms with Crippen LogP contribution in [0.25, 0.3) is 0 Å². The number of nitrogens with zero attached hydrogens (tertiary/aromatic N) is 1. The van der Waals surface area contributed by atoms with Gasteiger partial charge >= 0.3 is 0 Å². The van der Waals surface area contributed by atoms with Crippen LogP contribution < -0.4 is 28.9 Å². The highest BCUT2D eigenvalue weighted by molar-refractivity contribution is 5.92. The number of aliphatic hydroxyl groups excluding tert-OH is 2. The number of hydrogen-bond donors (Lipinski definition) is 3. The molecule has 9 nitrogen and oxygen atoms in total.